The zero-order valence-corrected chi connectivity index (χ0v) is 30.6. The van der Waals surface area contributed by atoms with Crippen LogP contribution in [0.1, 0.15) is 143 Å². The van der Waals surface area contributed by atoms with E-state index < -0.39 is 17.6 Å². The monoisotopic (exact) mass is 731 g/mol. The van der Waals surface area contributed by atoms with Crippen molar-refractivity contribution in [3.63, 3.8) is 0 Å². The SMILES string of the molecule is CCCCCCCCCCCCCCCCCCNC(=O)OCC(C)(C)COC(=O)N(Cc1cccc[n+]1CC)C(C)=O.[I-]. The largest absolute Gasteiger partial charge is 1.00 e. The van der Waals surface area contributed by atoms with Crippen LogP contribution in [0.3, 0.4) is 0 Å². The number of imide groups is 1. The molecule has 1 heterocycles. The summed E-state index contributed by atoms with van der Waals surface area (Å²) in [6.45, 7) is 10.9. The van der Waals surface area contributed by atoms with E-state index in [2.05, 4.69) is 12.2 Å². The molecule has 3 amide bonds. The van der Waals surface area contributed by atoms with E-state index >= 15 is 0 Å². The summed E-state index contributed by atoms with van der Waals surface area (Å²) in [5.74, 6) is -0.390. The number of aromatic nitrogens is 1. The quantitative estimate of drug-likeness (QED) is 0.0863. The van der Waals surface area contributed by atoms with E-state index in [1.807, 2.05) is 49.7 Å². The molecule has 0 spiro atoms. The molecule has 0 aliphatic heterocycles. The van der Waals surface area contributed by atoms with Crippen LogP contribution >= 0.6 is 0 Å². The Labute approximate surface area is 285 Å². The minimum absolute atomic E-state index is 0. The van der Waals surface area contributed by atoms with Crippen molar-refractivity contribution in [3.8, 4) is 0 Å². The third-order valence-electron chi connectivity index (χ3n) is 7.78. The van der Waals surface area contributed by atoms with Crippen LogP contribution in [0.4, 0.5) is 9.59 Å². The first-order valence-electron chi connectivity index (χ1n) is 17.0. The summed E-state index contributed by atoms with van der Waals surface area (Å²) < 4.78 is 12.8. The van der Waals surface area contributed by atoms with Crippen molar-refractivity contribution in [2.45, 2.75) is 150 Å². The summed E-state index contributed by atoms with van der Waals surface area (Å²) in [4.78, 5) is 38.1. The van der Waals surface area contributed by atoms with Gasteiger partial charge in [-0.1, -0.05) is 123 Å². The molecule has 9 heteroatoms. The second-order valence-electron chi connectivity index (χ2n) is 12.6. The highest BCUT2D eigenvalue weighted by molar-refractivity contribution is 5.90. The lowest BCUT2D eigenvalue weighted by Gasteiger charge is -2.25. The molecule has 1 aromatic rings. The van der Waals surface area contributed by atoms with E-state index in [1.165, 1.54) is 96.8 Å². The second kappa shape index (κ2) is 26.3. The highest BCUT2D eigenvalue weighted by atomic mass is 127. The highest BCUT2D eigenvalue weighted by Gasteiger charge is 2.28. The molecule has 0 radical (unpaired) electrons. The maximum atomic E-state index is 12.7. The van der Waals surface area contributed by atoms with Gasteiger partial charge in [-0.15, -0.1) is 0 Å². The number of hydrogen-bond donors (Lipinski definition) is 1. The lowest BCUT2D eigenvalue weighted by atomic mass is 9.96. The fraction of sp³-hybridized carbons (Fsp3) is 0.771. The molecule has 0 atom stereocenters. The van der Waals surface area contributed by atoms with Gasteiger partial charge < -0.3 is 38.8 Å². The lowest BCUT2D eigenvalue weighted by molar-refractivity contribution is -0.701. The minimum Gasteiger partial charge on any atom is -1.00 e. The molecule has 1 rings (SSSR count). The number of halogens is 1. The topological polar surface area (TPSA) is 88.8 Å². The van der Waals surface area contributed by atoms with Gasteiger partial charge in [-0.3, -0.25) is 4.79 Å². The van der Waals surface area contributed by atoms with Gasteiger partial charge in [-0.05, 0) is 13.3 Å². The third kappa shape index (κ3) is 20.9. The zero-order valence-electron chi connectivity index (χ0n) is 28.5. The number of hydrogen-bond acceptors (Lipinski definition) is 5. The predicted molar refractivity (Wildman–Crippen MR) is 173 cm³/mol. The second-order valence-corrected chi connectivity index (χ2v) is 12.6. The number of aryl methyl sites for hydroxylation is 1. The van der Waals surface area contributed by atoms with Crippen LogP contribution < -0.4 is 33.9 Å². The summed E-state index contributed by atoms with van der Waals surface area (Å²) in [5, 5.41) is 2.82. The number of unbranched alkanes of at least 4 members (excludes halogenated alkanes) is 15. The summed E-state index contributed by atoms with van der Waals surface area (Å²) in [6.07, 6.45) is 21.8. The van der Waals surface area contributed by atoms with Crippen molar-refractivity contribution in [1.29, 1.82) is 0 Å². The van der Waals surface area contributed by atoms with Crippen molar-refractivity contribution in [3.05, 3.63) is 30.1 Å². The van der Waals surface area contributed by atoms with Gasteiger partial charge in [0.2, 0.25) is 11.6 Å². The molecule has 254 valence electrons. The van der Waals surface area contributed by atoms with Crippen LogP contribution in [-0.4, -0.2) is 42.8 Å². The van der Waals surface area contributed by atoms with Crippen molar-refractivity contribution in [2.75, 3.05) is 19.8 Å². The van der Waals surface area contributed by atoms with E-state index in [-0.39, 0.29) is 49.6 Å². The summed E-state index contributed by atoms with van der Waals surface area (Å²) in [5.41, 5.74) is 0.237. The first kappa shape index (κ1) is 42.1. The number of rotatable bonds is 24. The van der Waals surface area contributed by atoms with Crippen LogP contribution in [0.15, 0.2) is 24.4 Å². The Morgan fingerprint density at radius 3 is 1.77 bits per heavy atom. The van der Waals surface area contributed by atoms with Gasteiger partial charge in [-0.25, -0.2) is 19.1 Å². The number of nitrogens with zero attached hydrogens (tertiary/aromatic N) is 2. The smallest absolute Gasteiger partial charge is 0.417 e. The molecule has 0 saturated heterocycles. The number of nitrogens with one attached hydrogen (secondary N) is 1. The predicted octanol–water partition coefficient (Wildman–Crippen LogP) is 5.50. The Balaban J connectivity index is 0.0000185. The molecule has 0 aliphatic carbocycles. The van der Waals surface area contributed by atoms with Crippen LogP contribution in [0.5, 0.6) is 0 Å². The Kier molecular flexibility index (Phi) is 25.2. The first-order valence-corrected chi connectivity index (χ1v) is 17.0. The first-order chi connectivity index (χ1) is 20.7. The normalized spacial score (nSPS) is 11.0. The Morgan fingerprint density at radius 2 is 1.27 bits per heavy atom. The molecule has 8 nitrogen and oxygen atoms in total. The molecule has 1 N–H and O–H groups in total. The van der Waals surface area contributed by atoms with Gasteiger partial charge >= 0.3 is 12.2 Å². The van der Waals surface area contributed by atoms with Crippen molar-refractivity contribution < 1.29 is 52.4 Å². The Hall–Kier alpha value is -1.91. The molecule has 0 saturated carbocycles. The third-order valence-corrected chi connectivity index (χ3v) is 7.78. The van der Waals surface area contributed by atoms with Crippen LogP contribution in [0.25, 0.3) is 0 Å². The number of carbonyl (C=O) groups is 3. The maximum absolute atomic E-state index is 12.7. The van der Waals surface area contributed by atoms with Crippen molar-refractivity contribution in [2.24, 2.45) is 5.41 Å². The fourth-order valence-electron chi connectivity index (χ4n) is 4.98. The molecule has 0 aromatic carbocycles. The Morgan fingerprint density at radius 1 is 0.773 bits per heavy atom. The van der Waals surface area contributed by atoms with E-state index in [9.17, 15) is 14.4 Å². The number of ether oxygens (including phenoxy) is 2. The molecule has 0 unspecified atom stereocenters. The molecule has 1 aromatic heterocycles. The van der Waals surface area contributed by atoms with Crippen molar-refractivity contribution in [1.82, 2.24) is 10.2 Å². The highest BCUT2D eigenvalue weighted by Crippen LogP contribution is 2.18. The molecule has 0 aliphatic rings. The van der Waals surface area contributed by atoms with Crippen LogP contribution in [-0.2, 0) is 27.4 Å². The molecular weight excluding hydrogens is 669 g/mol. The van der Waals surface area contributed by atoms with E-state index in [1.54, 1.807) is 0 Å². The van der Waals surface area contributed by atoms with Crippen molar-refractivity contribution >= 4 is 18.1 Å². The lowest BCUT2D eigenvalue weighted by Crippen LogP contribution is -3.00. The Bertz CT molecular complexity index is 912. The molecule has 0 fully saturated rings. The molecule has 0 bridgehead atoms. The number of carbonyl (C=O) groups excluding carboxylic acids is 3. The van der Waals surface area contributed by atoms with E-state index in [4.69, 9.17) is 9.47 Å². The molecular formula is C35H62IN3O5. The number of alkyl carbamates (subject to hydrolysis) is 1. The standard InChI is InChI=1S/C35H61N3O5.HI/c1-6-8-9-10-11-12-13-14-15-16-17-18-19-20-21-23-26-36-33(40)42-29-35(4,5)30-43-34(41)38(31(3)39)28-32-25-22-24-27-37(32)7-2;/h22,24-25,27H,6-21,23,26,28-30H2,1-5H3;1H. The van der Waals surface area contributed by atoms with Gasteiger partial charge in [0, 0.05) is 31.0 Å². The van der Waals surface area contributed by atoms with E-state index in [0.717, 1.165) is 30.0 Å². The summed E-state index contributed by atoms with van der Waals surface area (Å²) in [6, 6.07) is 5.66. The van der Waals surface area contributed by atoms with Gasteiger partial charge in [0.25, 0.3) is 0 Å². The fourth-order valence-corrected chi connectivity index (χ4v) is 4.98. The maximum Gasteiger partial charge on any atom is 0.417 e. The average Bonchev–Trinajstić information content (AvgIpc) is 2.99. The summed E-state index contributed by atoms with van der Waals surface area (Å²) in [7, 11) is 0. The van der Waals surface area contributed by atoms with Gasteiger partial charge in [-0.2, -0.15) is 0 Å². The number of pyridine rings is 1. The van der Waals surface area contributed by atoms with Crippen LogP contribution in [0, 0.1) is 5.41 Å². The minimum atomic E-state index is -0.708. The van der Waals surface area contributed by atoms with Gasteiger partial charge in [0.15, 0.2) is 6.20 Å². The molecule has 44 heavy (non-hydrogen) atoms. The summed E-state index contributed by atoms with van der Waals surface area (Å²) >= 11 is 0. The van der Waals surface area contributed by atoms with E-state index in [0.29, 0.717) is 6.54 Å². The van der Waals surface area contributed by atoms with Gasteiger partial charge in [0.05, 0.1) is 0 Å². The average molecular weight is 732 g/mol. The van der Waals surface area contributed by atoms with Gasteiger partial charge in [0.1, 0.15) is 26.3 Å². The number of amides is 3. The zero-order chi connectivity index (χ0) is 31.8. The van der Waals surface area contributed by atoms with Crippen LogP contribution in [0.2, 0.25) is 0 Å².